The number of ether oxygens (including phenoxy) is 3. The normalized spacial score (nSPS) is 44.5. The molecule has 15 unspecified atom stereocenters. The molecule has 0 aromatic heterocycles. The molecule has 318 valence electrons. The van der Waals surface area contributed by atoms with Crippen LogP contribution < -0.4 is 0 Å². The van der Waals surface area contributed by atoms with Gasteiger partial charge in [0.25, 0.3) is 11.5 Å². The second kappa shape index (κ2) is 12.8. The van der Waals surface area contributed by atoms with Crippen LogP contribution in [-0.4, -0.2) is 63.4 Å². The predicted octanol–water partition coefficient (Wildman–Crippen LogP) is 10.0. The zero-order valence-corrected chi connectivity index (χ0v) is 30.8. The van der Waals surface area contributed by atoms with Crippen molar-refractivity contribution < 1.29 is 83.6 Å². The lowest BCUT2D eigenvalue weighted by atomic mass is 9.45. The van der Waals surface area contributed by atoms with Crippen molar-refractivity contribution in [3.05, 3.63) is 36.5 Å². The topological polar surface area (TPSA) is 61.8 Å². The number of rotatable bonds is 8. The van der Waals surface area contributed by atoms with Gasteiger partial charge in [-0.25, -0.2) is 4.39 Å². The summed E-state index contributed by atoms with van der Waals surface area (Å²) in [6, 6.07) is 0. The first-order chi connectivity index (χ1) is 25.5. The van der Waals surface area contributed by atoms with Crippen molar-refractivity contribution >= 4 is 10.2 Å². The Labute approximate surface area is 313 Å². The molecule has 15 atom stereocenters. The summed E-state index contributed by atoms with van der Waals surface area (Å²) in [5.74, 6) is -10.0. The van der Waals surface area contributed by atoms with Gasteiger partial charge in [0, 0.05) is 24.4 Å². The Balaban J connectivity index is 0.000000138. The van der Waals surface area contributed by atoms with Crippen LogP contribution in [0.3, 0.4) is 0 Å². The number of methoxy groups -OCH3 is 1. The van der Waals surface area contributed by atoms with E-state index in [0.717, 1.165) is 43.6 Å². The third-order valence-electron chi connectivity index (χ3n) is 14.7. The number of halogens is 14. The molecule has 0 N–H and O–H groups in total. The maximum atomic E-state index is 14.4. The molecule has 0 aliphatic heterocycles. The predicted molar refractivity (Wildman–Crippen MR) is 167 cm³/mol. The van der Waals surface area contributed by atoms with E-state index in [1.54, 1.807) is 6.08 Å². The zero-order valence-electron chi connectivity index (χ0n) is 30.0. The van der Waals surface area contributed by atoms with Crippen LogP contribution in [0.5, 0.6) is 0 Å². The zero-order chi connectivity index (χ0) is 41.6. The molecule has 5 nitrogen and oxygen atoms in total. The summed E-state index contributed by atoms with van der Waals surface area (Å²) in [5.41, 5.74) is -6.25. The highest BCUT2D eigenvalue weighted by Gasteiger charge is 2.87. The van der Waals surface area contributed by atoms with Gasteiger partial charge < -0.3 is 9.47 Å². The van der Waals surface area contributed by atoms with Crippen LogP contribution in [0, 0.1) is 82.3 Å². The van der Waals surface area contributed by atoms with Gasteiger partial charge in [0.2, 0.25) is 0 Å². The Bertz CT molecular complexity index is 1750. The van der Waals surface area contributed by atoms with E-state index in [9.17, 15) is 69.4 Å². The molecule has 0 saturated heterocycles. The van der Waals surface area contributed by atoms with E-state index in [2.05, 4.69) is 33.3 Å². The molecule has 0 amide bonds. The molecule has 0 spiro atoms. The molecule has 0 radical (unpaired) electrons. The van der Waals surface area contributed by atoms with Crippen LogP contribution in [-0.2, 0) is 24.4 Å². The van der Waals surface area contributed by atoms with Gasteiger partial charge in [-0.1, -0.05) is 54.2 Å². The van der Waals surface area contributed by atoms with Crippen molar-refractivity contribution in [1.82, 2.24) is 0 Å². The third-order valence-corrected chi connectivity index (χ3v) is 15.5. The third kappa shape index (κ3) is 5.50. The van der Waals surface area contributed by atoms with Gasteiger partial charge in [-0.3, -0.25) is 4.74 Å². The van der Waals surface area contributed by atoms with E-state index in [1.807, 2.05) is 6.08 Å². The van der Waals surface area contributed by atoms with Crippen molar-refractivity contribution in [1.29, 1.82) is 0 Å². The van der Waals surface area contributed by atoms with Gasteiger partial charge in [-0.05, 0) is 97.2 Å². The fourth-order valence-corrected chi connectivity index (χ4v) is 12.8. The monoisotopic (exact) mass is 850 g/mol. The summed E-state index contributed by atoms with van der Waals surface area (Å²) in [4.78, 5) is 0. The lowest BCUT2D eigenvalue weighted by Gasteiger charge is -2.62. The second-order valence-corrected chi connectivity index (χ2v) is 18.6. The maximum Gasteiger partial charge on any atom is 0.464 e. The summed E-state index contributed by atoms with van der Waals surface area (Å²) in [7, 11) is -6.22. The van der Waals surface area contributed by atoms with Crippen LogP contribution in [0.15, 0.2) is 36.5 Å². The summed E-state index contributed by atoms with van der Waals surface area (Å²) in [5, 5.41) is -6.51. The average molecular weight is 851 g/mol. The summed E-state index contributed by atoms with van der Waals surface area (Å²) >= 11 is 0. The van der Waals surface area contributed by atoms with Crippen molar-refractivity contribution in [2.24, 2.45) is 82.3 Å². The molecule has 0 aromatic rings. The molecule has 20 heteroatoms. The van der Waals surface area contributed by atoms with Gasteiger partial charge in [0.05, 0.1) is 0 Å². The van der Waals surface area contributed by atoms with E-state index < -0.39 is 93.1 Å². The minimum Gasteiger partial charge on any atom is -0.359 e. The first kappa shape index (κ1) is 42.2. The highest BCUT2D eigenvalue weighted by molar-refractivity contribution is 7.87. The molecular weight excluding hydrogens is 810 g/mol. The molecule has 56 heavy (non-hydrogen) atoms. The molecule has 6 fully saturated rings. The lowest BCUT2D eigenvalue weighted by Crippen LogP contribution is -2.74. The fourth-order valence-electron chi connectivity index (χ4n) is 12.5. The highest BCUT2D eigenvalue weighted by atomic mass is 32.3. The molecule has 0 heterocycles. The van der Waals surface area contributed by atoms with E-state index >= 15 is 0 Å². The summed E-state index contributed by atoms with van der Waals surface area (Å²) in [6.07, 6.45) is -2.68. The second-order valence-electron chi connectivity index (χ2n) is 17.2. The Morgan fingerprint density at radius 1 is 0.679 bits per heavy atom. The average Bonchev–Trinajstić information content (AvgIpc) is 3.90. The molecular formula is C36H40F14O5S. The van der Waals surface area contributed by atoms with Crippen LogP contribution in [0.2, 0.25) is 0 Å². The van der Waals surface area contributed by atoms with Gasteiger partial charge in [0.15, 0.2) is 0 Å². The first-order valence-electron chi connectivity index (χ1n) is 18.3. The van der Waals surface area contributed by atoms with E-state index in [-0.39, 0.29) is 30.6 Å². The summed E-state index contributed by atoms with van der Waals surface area (Å²) < 4.78 is 221. The quantitative estimate of drug-likeness (QED) is 0.105. The van der Waals surface area contributed by atoms with Gasteiger partial charge >= 0.3 is 39.9 Å². The van der Waals surface area contributed by atoms with Gasteiger partial charge in [-0.2, -0.15) is 61.1 Å². The highest BCUT2D eigenvalue weighted by Crippen LogP contribution is 2.75. The molecule has 9 aliphatic carbocycles. The fraction of sp³-hybridized carbons (Fsp3) is 0.833. The van der Waals surface area contributed by atoms with Crippen molar-refractivity contribution in [2.45, 2.75) is 87.0 Å². The first-order valence-corrected chi connectivity index (χ1v) is 19.7. The number of allylic oxidation sites excluding steroid dienone is 6. The maximum absolute atomic E-state index is 14.4. The molecule has 6 saturated carbocycles. The van der Waals surface area contributed by atoms with Crippen molar-refractivity contribution in [2.75, 3.05) is 13.9 Å². The van der Waals surface area contributed by atoms with E-state index in [4.69, 9.17) is 0 Å². The standard InChI is InChI=1S/C15H18F6O2.C11H8F8O3S.C10H14/c1-12(6-10-8-3-4-9(5-8)11(10)12)13(14(16,17)18,15(19,20)21)23-7-22-2;12-8(13)6-4-1-2-5(3-4)7(6)9(8,14)22-10(15,16)11(17,18)23(19,20)21;1-6-4-9-7-2-3-8(5-7)10(6)9/h3-4,8-11H,5-7H2,1-2H3;1-2,4-7H,3H2;2-3,6-10H,4-5H2,1H3. The molecule has 9 aliphatic rings. The Hall–Kier alpha value is -1.93. The SMILES string of the molecule is CC1CC2C3C=CC(C3)C12.COCOC(C(F)(F)F)(C(F)(F)F)C1(C)CC2C3C=CC(C3)C21.O=S(=O)(F)C(F)(F)C(F)(F)OC1(F)C2C3C=CC(C3)C2C1(F)F. The largest absolute Gasteiger partial charge is 0.464 e. The van der Waals surface area contributed by atoms with Crippen LogP contribution in [0.1, 0.15) is 46.0 Å². The minimum atomic E-state index is -7.22. The van der Waals surface area contributed by atoms with Gasteiger partial charge in [0.1, 0.15) is 6.79 Å². The lowest BCUT2D eigenvalue weighted by molar-refractivity contribution is -0.481. The number of hydrogen-bond acceptors (Lipinski definition) is 5. The number of fused-ring (bicyclic) bond motifs is 15. The van der Waals surface area contributed by atoms with Crippen LogP contribution >= 0.6 is 0 Å². The molecule has 0 aromatic carbocycles. The van der Waals surface area contributed by atoms with E-state index in [1.165, 1.54) is 25.0 Å². The Kier molecular flexibility index (Phi) is 9.64. The van der Waals surface area contributed by atoms with Crippen LogP contribution in [0.4, 0.5) is 61.0 Å². The molecule has 9 rings (SSSR count). The summed E-state index contributed by atoms with van der Waals surface area (Å²) in [6.45, 7) is 2.44. The Morgan fingerprint density at radius 2 is 1.14 bits per heavy atom. The minimum absolute atomic E-state index is 0.0172. The van der Waals surface area contributed by atoms with E-state index in [0.29, 0.717) is 6.42 Å². The van der Waals surface area contributed by atoms with Gasteiger partial charge in [-0.15, -0.1) is 0 Å². The number of alkyl halides is 13. The molecule has 6 bridgehead atoms. The van der Waals surface area contributed by atoms with Crippen LogP contribution in [0.25, 0.3) is 0 Å². The number of hydrogen-bond donors (Lipinski definition) is 0. The smallest absolute Gasteiger partial charge is 0.359 e. The van der Waals surface area contributed by atoms with Crippen molar-refractivity contribution in [3.63, 3.8) is 0 Å². The van der Waals surface area contributed by atoms with Crippen molar-refractivity contribution in [3.8, 4) is 0 Å². The Morgan fingerprint density at radius 3 is 1.61 bits per heavy atom.